The average molecular weight is 399 g/mol. The number of rotatable bonds is 4. The Kier molecular flexibility index (Phi) is 4.52. The number of halogens is 1. The number of nitrogens with zero attached hydrogens (tertiary/aromatic N) is 1. The molecule has 2 heterocycles. The molecule has 0 spiro atoms. The minimum absolute atomic E-state index is 0.0610. The standard InChI is InChI=1S/C20H15ClN2O5/c1-10(24)13-7-16-17(27-9-26-16)8-15(13)22-20(25)18-11(2)28-23-19(18)12-5-3-4-6-14(12)21/h3-8H,9H2,1-2H3,(H,22,25). The molecule has 28 heavy (non-hydrogen) atoms. The number of ether oxygens (including phenoxy) is 2. The molecule has 0 radical (unpaired) electrons. The van der Waals surface area contributed by atoms with Crippen molar-refractivity contribution in [2.75, 3.05) is 12.1 Å². The van der Waals surface area contributed by atoms with Crippen molar-refractivity contribution >= 4 is 29.0 Å². The highest BCUT2D eigenvalue weighted by molar-refractivity contribution is 6.33. The number of benzene rings is 2. The SMILES string of the molecule is CC(=O)c1cc2c(cc1NC(=O)c1c(-c3ccccc3Cl)noc1C)OCO2. The Bertz CT molecular complexity index is 1110. The summed E-state index contributed by atoms with van der Waals surface area (Å²) in [4.78, 5) is 25.1. The van der Waals surface area contributed by atoms with Crippen molar-refractivity contribution in [2.24, 2.45) is 0 Å². The van der Waals surface area contributed by atoms with E-state index in [-0.39, 0.29) is 18.1 Å². The number of nitrogens with one attached hydrogen (secondary N) is 1. The lowest BCUT2D eigenvalue weighted by Gasteiger charge is -2.11. The summed E-state index contributed by atoms with van der Waals surface area (Å²) < 4.78 is 15.9. The van der Waals surface area contributed by atoms with Crippen LogP contribution in [0.2, 0.25) is 5.02 Å². The highest BCUT2D eigenvalue weighted by Crippen LogP contribution is 2.38. The largest absolute Gasteiger partial charge is 0.454 e. The van der Waals surface area contributed by atoms with Crippen LogP contribution in [-0.2, 0) is 0 Å². The van der Waals surface area contributed by atoms with E-state index in [1.54, 1.807) is 43.3 Å². The molecule has 0 atom stereocenters. The molecule has 1 aliphatic rings. The smallest absolute Gasteiger partial charge is 0.261 e. The number of amides is 1. The van der Waals surface area contributed by atoms with Gasteiger partial charge in [-0.2, -0.15) is 0 Å². The molecule has 8 heteroatoms. The third-order valence-electron chi connectivity index (χ3n) is 4.36. The van der Waals surface area contributed by atoms with E-state index in [1.807, 2.05) is 0 Å². The number of aryl methyl sites for hydroxylation is 1. The summed E-state index contributed by atoms with van der Waals surface area (Å²) in [5, 5.41) is 7.19. The summed E-state index contributed by atoms with van der Waals surface area (Å²) in [6, 6.07) is 10.1. The first-order valence-electron chi connectivity index (χ1n) is 8.43. The lowest BCUT2D eigenvalue weighted by molar-refractivity contribution is 0.101. The van der Waals surface area contributed by atoms with Crippen molar-refractivity contribution in [2.45, 2.75) is 13.8 Å². The third-order valence-corrected chi connectivity index (χ3v) is 4.69. The zero-order chi connectivity index (χ0) is 19.8. The van der Waals surface area contributed by atoms with Gasteiger partial charge in [-0.1, -0.05) is 35.0 Å². The van der Waals surface area contributed by atoms with E-state index in [4.69, 9.17) is 25.6 Å². The Morgan fingerprint density at radius 3 is 2.57 bits per heavy atom. The number of aromatic nitrogens is 1. The van der Waals surface area contributed by atoms with E-state index in [1.165, 1.54) is 6.92 Å². The van der Waals surface area contributed by atoms with Gasteiger partial charge in [0.05, 0.1) is 10.7 Å². The summed E-state index contributed by atoms with van der Waals surface area (Å²) in [6.45, 7) is 3.10. The molecule has 1 aromatic heterocycles. The molecule has 3 aromatic rings. The van der Waals surface area contributed by atoms with E-state index in [0.29, 0.717) is 44.8 Å². The first-order chi connectivity index (χ1) is 13.5. The van der Waals surface area contributed by atoms with Gasteiger partial charge in [0, 0.05) is 17.2 Å². The van der Waals surface area contributed by atoms with Crippen molar-refractivity contribution in [3.8, 4) is 22.8 Å². The maximum absolute atomic E-state index is 13.0. The molecule has 1 aliphatic heterocycles. The van der Waals surface area contributed by atoms with E-state index in [0.717, 1.165) is 0 Å². The topological polar surface area (TPSA) is 90.7 Å². The van der Waals surface area contributed by atoms with Crippen LogP contribution in [0.25, 0.3) is 11.3 Å². The lowest BCUT2D eigenvalue weighted by atomic mass is 10.0. The number of hydrogen-bond donors (Lipinski definition) is 1. The number of carbonyl (C=O) groups is 2. The summed E-state index contributed by atoms with van der Waals surface area (Å²) in [5.41, 5.74) is 1.76. The maximum Gasteiger partial charge on any atom is 0.261 e. The second-order valence-electron chi connectivity index (χ2n) is 6.20. The predicted molar refractivity (Wildman–Crippen MR) is 102 cm³/mol. The molecule has 0 aliphatic carbocycles. The molecule has 0 fully saturated rings. The van der Waals surface area contributed by atoms with Gasteiger partial charge in [-0.25, -0.2) is 0 Å². The predicted octanol–water partition coefficient (Wildman–Crippen LogP) is 4.49. The fraction of sp³-hybridized carbons (Fsp3) is 0.150. The van der Waals surface area contributed by atoms with E-state index < -0.39 is 5.91 Å². The highest BCUT2D eigenvalue weighted by atomic mass is 35.5. The molecule has 1 amide bonds. The molecule has 1 N–H and O–H groups in total. The Balaban J connectivity index is 1.74. The molecule has 0 unspecified atom stereocenters. The molecule has 0 saturated carbocycles. The van der Waals surface area contributed by atoms with E-state index in [9.17, 15) is 9.59 Å². The van der Waals surface area contributed by atoms with Crippen molar-refractivity contribution in [3.05, 3.63) is 58.3 Å². The molecule has 0 saturated heterocycles. The van der Waals surface area contributed by atoms with Crippen LogP contribution in [0, 0.1) is 6.92 Å². The monoisotopic (exact) mass is 398 g/mol. The van der Waals surface area contributed by atoms with E-state index in [2.05, 4.69) is 10.5 Å². The maximum atomic E-state index is 13.0. The summed E-state index contributed by atoms with van der Waals surface area (Å²) in [5.74, 6) is 0.546. The summed E-state index contributed by atoms with van der Waals surface area (Å²) in [6.07, 6.45) is 0. The minimum atomic E-state index is -0.477. The summed E-state index contributed by atoms with van der Waals surface area (Å²) in [7, 11) is 0. The molecular weight excluding hydrogens is 384 g/mol. The van der Waals surface area contributed by atoms with Gasteiger partial charge < -0.3 is 19.3 Å². The van der Waals surface area contributed by atoms with Crippen LogP contribution in [-0.4, -0.2) is 23.6 Å². The molecule has 2 aromatic carbocycles. The number of anilines is 1. The van der Waals surface area contributed by atoms with Crippen LogP contribution in [0.4, 0.5) is 5.69 Å². The van der Waals surface area contributed by atoms with Gasteiger partial charge in [0.25, 0.3) is 5.91 Å². The van der Waals surface area contributed by atoms with Gasteiger partial charge in [-0.05, 0) is 26.0 Å². The van der Waals surface area contributed by atoms with Crippen LogP contribution in [0.1, 0.15) is 33.4 Å². The van der Waals surface area contributed by atoms with Crippen LogP contribution in [0.3, 0.4) is 0 Å². The van der Waals surface area contributed by atoms with Crippen LogP contribution in [0.5, 0.6) is 11.5 Å². The molecular formula is C20H15ClN2O5. The van der Waals surface area contributed by atoms with E-state index >= 15 is 0 Å². The zero-order valence-corrected chi connectivity index (χ0v) is 15.8. The minimum Gasteiger partial charge on any atom is -0.454 e. The molecule has 7 nitrogen and oxygen atoms in total. The van der Waals surface area contributed by atoms with Gasteiger partial charge in [-0.3, -0.25) is 9.59 Å². The Hall–Kier alpha value is -3.32. The summed E-state index contributed by atoms with van der Waals surface area (Å²) >= 11 is 6.25. The second-order valence-corrected chi connectivity index (χ2v) is 6.61. The number of fused-ring (bicyclic) bond motifs is 1. The number of Topliss-reactive ketones (excluding diaryl/α,β-unsaturated/α-hetero) is 1. The Morgan fingerprint density at radius 2 is 1.86 bits per heavy atom. The lowest BCUT2D eigenvalue weighted by Crippen LogP contribution is -2.15. The van der Waals surface area contributed by atoms with Crippen molar-refractivity contribution in [1.82, 2.24) is 5.16 Å². The first kappa shape index (κ1) is 18.1. The van der Waals surface area contributed by atoms with Crippen LogP contribution >= 0.6 is 11.6 Å². The van der Waals surface area contributed by atoms with Gasteiger partial charge in [0.2, 0.25) is 6.79 Å². The fourth-order valence-electron chi connectivity index (χ4n) is 3.00. The van der Waals surface area contributed by atoms with Gasteiger partial charge >= 0.3 is 0 Å². The number of hydrogen-bond acceptors (Lipinski definition) is 6. The Morgan fingerprint density at radius 1 is 1.14 bits per heavy atom. The van der Waals surface area contributed by atoms with Crippen molar-refractivity contribution in [3.63, 3.8) is 0 Å². The zero-order valence-electron chi connectivity index (χ0n) is 15.0. The first-order valence-corrected chi connectivity index (χ1v) is 8.80. The normalized spacial score (nSPS) is 12.1. The highest BCUT2D eigenvalue weighted by Gasteiger charge is 2.26. The van der Waals surface area contributed by atoms with Gasteiger partial charge in [0.1, 0.15) is 17.0 Å². The second kappa shape index (κ2) is 7.01. The van der Waals surface area contributed by atoms with Gasteiger partial charge in [-0.15, -0.1) is 0 Å². The number of carbonyl (C=O) groups excluding carboxylic acids is 2. The van der Waals surface area contributed by atoms with Crippen molar-refractivity contribution in [1.29, 1.82) is 0 Å². The van der Waals surface area contributed by atoms with Crippen LogP contribution < -0.4 is 14.8 Å². The quantitative estimate of drug-likeness (QED) is 0.651. The molecule has 0 bridgehead atoms. The van der Waals surface area contributed by atoms with Gasteiger partial charge in [0.15, 0.2) is 17.3 Å². The number of ketones is 1. The molecule has 4 rings (SSSR count). The van der Waals surface area contributed by atoms with Crippen molar-refractivity contribution < 1.29 is 23.6 Å². The average Bonchev–Trinajstić information content (AvgIpc) is 3.27. The molecule has 142 valence electrons. The third kappa shape index (κ3) is 3.10. The van der Waals surface area contributed by atoms with Crippen LogP contribution in [0.15, 0.2) is 40.9 Å². The Labute approximate surface area is 165 Å². The fourth-order valence-corrected chi connectivity index (χ4v) is 3.22.